The lowest BCUT2D eigenvalue weighted by atomic mass is 10.2. The first-order valence-electron chi connectivity index (χ1n) is 7.17. The quantitative estimate of drug-likeness (QED) is 0.841. The highest BCUT2D eigenvalue weighted by Crippen LogP contribution is 2.13. The second-order valence-corrected chi connectivity index (χ2v) is 5.34. The van der Waals surface area contributed by atoms with Gasteiger partial charge >= 0.3 is 0 Å². The molecule has 0 aliphatic carbocycles. The zero-order chi connectivity index (χ0) is 14.4. The zero-order valence-electron chi connectivity index (χ0n) is 12.6. The maximum absolute atomic E-state index is 4.35. The fraction of sp³-hybridized carbons (Fsp3) is 0.438. The van der Waals surface area contributed by atoms with Gasteiger partial charge in [-0.2, -0.15) is 5.10 Å². The summed E-state index contributed by atoms with van der Waals surface area (Å²) >= 11 is 0. The number of aromatic nitrogens is 2. The second kappa shape index (κ2) is 7.10. The molecular weight excluding hydrogens is 248 g/mol. The van der Waals surface area contributed by atoms with Crippen LogP contribution in [0.25, 0.3) is 0 Å². The van der Waals surface area contributed by atoms with Crippen molar-refractivity contribution in [3.63, 3.8) is 0 Å². The first-order chi connectivity index (χ1) is 9.69. The molecular formula is C16H24N4. The van der Waals surface area contributed by atoms with E-state index in [9.17, 15) is 0 Å². The van der Waals surface area contributed by atoms with Gasteiger partial charge in [0.15, 0.2) is 0 Å². The maximum Gasteiger partial charge on any atom is 0.0575 e. The van der Waals surface area contributed by atoms with Crippen molar-refractivity contribution in [2.24, 2.45) is 0 Å². The van der Waals surface area contributed by atoms with Crippen LogP contribution in [-0.4, -0.2) is 28.8 Å². The summed E-state index contributed by atoms with van der Waals surface area (Å²) in [5, 5.41) is 7.83. The molecule has 0 aliphatic heterocycles. The lowest BCUT2D eigenvalue weighted by Gasteiger charge is -2.12. The number of aryl methyl sites for hydroxylation is 1. The molecule has 4 heteroatoms. The van der Waals surface area contributed by atoms with Gasteiger partial charge in [-0.05, 0) is 44.3 Å². The maximum atomic E-state index is 4.35. The van der Waals surface area contributed by atoms with Crippen LogP contribution in [0.2, 0.25) is 0 Å². The molecule has 1 aromatic heterocycles. The molecule has 0 aliphatic rings. The molecule has 0 fully saturated rings. The van der Waals surface area contributed by atoms with Gasteiger partial charge in [-0.3, -0.25) is 4.68 Å². The first-order valence-corrected chi connectivity index (χ1v) is 7.17. The van der Waals surface area contributed by atoms with E-state index in [1.54, 1.807) is 0 Å². The summed E-state index contributed by atoms with van der Waals surface area (Å²) in [6, 6.07) is 10.7. The number of nitrogens with zero attached hydrogens (tertiary/aromatic N) is 3. The van der Waals surface area contributed by atoms with Gasteiger partial charge in [0.1, 0.15) is 0 Å². The minimum atomic E-state index is 0.811. The Morgan fingerprint density at radius 2 is 2.10 bits per heavy atom. The minimum absolute atomic E-state index is 0.811. The predicted octanol–water partition coefficient (Wildman–Crippen LogP) is 2.97. The average Bonchev–Trinajstić information content (AvgIpc) is 2.84. The van der Waals surface area contributed by atoms with E-state index in [0.717, 1.165) is 31.7 Å². The molecule has 0 unspecified atom stereocenters. The zero-order valence-corrected chi connectivity index (χ0v) is 12.6. The van der Waals surface area contributed by atoms with Crippen LogP contribution in [0.5, 0.6) is 0 Å². The third-order valence-corrected chi connectivity index (χ3v) is 3.14. The Bertz CT molecular complexity index is 531. The van der Waals surface area contributed by atoms with Gasteiger partial charge in [-0.25, -0.2) is 0 Å². The summed E-state index contributed by atoms with van der Waals surface area (Å²) in [7, 11) is 4.17. The Balaban J connectivity index is 1.98. The average molecular weight is 272 g/mol. The number of benzene rings is 1. The molecule has 1 N–H and O–H groups in total. The van der Waals surface area contributed by atoms with Crippen molar-refractivity contribution in [3.8, 4) is 0 Å². The number of anilines is 1. The number of hydrogen-bond acceptors (Lipinski definition) is 3. The van der Waals surface area contributed by atoms with E-state index in [2.05, 4.69) is 71.3 Å². The smallest absolute Gasteiger partial charge is 0.0575 e. The molecule has 0 bridgehead atoms. The van der Waals surface area contributed by atoms with Crippen LogP contribution < -0.4 is 5.32 Å². The van der Waals surface area contributed by atoms with Gasteiger partial charge in [0.05, 0.1) is 12.2 Å². The normalized spacial score (nSPS) is 11.0. The number of rotatable bonds is 7. The van der Waals surface area contributed by atoms with Gasteiger partial charge < -0.3 is 10.2 Å². The van der Waals surface area contributed by atoms with Crippen molar-refractivity contribution in [2.75, 3.05) is 19.4 Å². The van der Waals surface area contributed by atoms with Crippen LogP contribution >= 0.6 is 0 Å². The van der Waals surface area contributed by atoms with Gasteiger partial charge in [0, 0.05) is 25.0 Å². The molecule has 108 valence electrons. The summed E-state index contributed by atoms with van der Waals surface area (Å²) in [4.78, 5) is 2.18. The second-order valence-electron chi connectivity index (χ2n) is 5.34. The minimum Gasteiger partial charge on any atom is -0.379 e. The molecule has 1 aromatic carbocycles. The summed E-state index contributed by atoms with van der Waals surface area (Å²) in [5.74, 6) is 0. The largest absolute Gasteiger partial charge is 0.379 e. The van der Waals surface area contributed by atoms with Gasteiger partial charge in [-0.1, -0.05) is 19.1 Å². The Morgan fingerprint density at radius 3 is 2.85 bits per heavy atom. The molecule has 0 amide bonds. The highest BCUT2D eigenvalue weighted by molar-refractivity contribution is 5.45. The van der Waals surface area contributed by atoms with E-state index in [-0.39, 0.29) is 0 Å². The van der Waals surface area contributed by atoms with E-state index in [1.807, 2.05) is 6.20 Å². The Morgan fingerprint density at radius 1 is 1.25 bits per heavy atom. The molecule has 0 saturated heterocycles. The third kappa shape index (κ3) is 4.10. The summed E-state index contributed by atoms with van der Waals surface area (Å²) in [6.07, 6.45) is 2.97. The predicted molar refractivity (Wildman–Crippen MR) is 83.7 cm³/mol. The van der Waals surface area contributed by atoms with Crippen molar-refractivity contribution in [1.29, 1.82) is 0 Å². The van der Waals surface area contributed by atoms with Gasteiger partial charge in [0.2, 0.25) is 0 Å². The molecule has 0 spiro atoms. The molecule has 2 aromatic rings. The fourth-order valence-electron chi connectivity index (χ4n) is 2.26. The van der Waals surface area contributed by atoms with Crippen LogP contribution in [0.3, 0.4) is 0 Å². The highest BCUT2D eigenvalue weighted by Gasteiger charge is 2.02. The van der Waals surface area contributed by atoms with Crippen molar-refractivity contribution >= 4 is 5.69 Å². The molecule has 0 radical (unpaired) electrons. The third-order valence-electron chi connectivity index (χ3n) is 3.14. The lowest BCUT2D eigenvalue weighted by molar-refractivity contribution is 0.402. The topological polar surface area (TPSA) is 33.1 Å². The van der Waals surface area contributed by atoms with Crippen LogP contribution in [0, 0.1) is 0 Å². The van der Waals surface area contributed by atoms with Crippen molar-refractivity contribution < 1.29 is 0 Å². The fourth-order valence-corrected chi connectivity index (χ4v) is 2.26. The van der Waals surface area contributed by atoms with E-state index in [4.69, 9.17) is 0 Å². The Kier molecular flexibility index (Phi) is 5.18. The van der Waals surface area contributed by atoms with Crippen molar-refractivity contribution in [2.45, 2.75) is 33.0 Å². The number of hydrogen-bond donors (Lipinski definition) is 1. The number of nitrogens with one attached hydrogen (secondary N) is 1. The first kappa shape index (κ1) is 14.6. The van der Waals surface area contributed by atoms with E-state index < -0.39 is 0 Å². The summed E-state index contributed by atoms with van der Waals surface area (Å²) in [6.45, 7) is 4.92. The van der Waals surface area contributed by atoms with E-state index >= 15 is 0 Å². The monoisotopic (exact) mass is 272 g/mol. The molecule has 0 saturated carbocycles. The highest BCUT2D eigenvalue weighted by atomic mass is 15.3. The van der Waals surface area contributed by atoms with E-state index in [1.165, 1.54) is 11.3 Å². The standard InChI is InChI=1S/C16H24N4/c1-4-10-20-16(8-9-18-20)12-17-15-7-5-6-14(11-15)13-19(2)3/h5-9,11,17H,4,10,12-13H2,1-3H3. The van der Waals surface area contributed by atoms with Gasteiger partial charge in [0.25, 0.3) is 0 Å². The molecule has 0 atom stereocenters. The van der Waals surface area contributed by atoms with Crippen LogP contribution in [0.1, 0.15) is 24.6 Å². The van der Waals surface area contributed by atoms with Crippen molar-refractivity contribution in [3.05, 3.63) is 47.8 Å². The SMILES string of the molecule is CCCn1nccc1CNc1cccc(CN(C)C)c1. The van der Waals surface area contributed by atoms with E-state index in [0.29, 0.717) is 0 Å². The van der Waals surface area contributed by atoms with Crippen LogP contribution in [0.15, 0.2) is 36.5 Å². The Hall–Kier alpha value is -1.81. The summed E-state index contributed by atoms with van der Waals surface area (Å²) < 4.78 is 2.07. The molecule has 20 heavy (non-hydrogen) atoms. The summed E-state index contributed by atoms with van der Waals surface area (Å²) in [5.41, 5.74) is 3.71. The van der Waals surface area contributed by atoms with Crippen LogP contribution in [-0.2, 0) is 19.6 Å². The lowest BCUT2D eigenvalue weighted by Crippen LogP contribution is -2.11. The van der Waals surface area contributed by atoms with Gasteiger partial charge in [-0.15, -0.1) is 0 Å². The molecule has 4 nitrogen and oxygen atoms in total. The molecule has 1 heterocycles. The molecule has 2 rings (SSSR count). The Labute approximate surface area is 121 Å². The van der Waals surface area contributed by atoms with Crippen molar-refractivity contribution in [1.82, 2.24) is 14.7 Å². The van der Waals surface area contributed by atoms with Crippen LogP contribution in [0.4, 0.5) is 5.69 Å².